The minimum Gasteiger partial charge on any atom is -0.353 e. The monoisotopic (exact) mass is 224 g/mol. The number of rotatable bonds is 2. The topological polar surface area (TPSA) is 18.5 Å². The van der Waals surface area contributed by atoms with Crippen LogP contribution >= 0.6 is 0 Å². The lowest BCUT2D eigenvalue weighted by Crippen LogP contribution is -2.32. The minimum absolute atomic E-state index is 0.0386. The smallest absolute Gasteiger partial charge is 0.158 e. The first-order valence-electron chi connectivity index (χ1n) is 6.49. The molecule has 0 spiro atoms. The molecule has 2 nitrogen and oxygen atoms in total. The molecule has 0 saturated carbocycles. The maximum absolute atomic E-state index is 6.04. The van der Waals surface area contributed by atoms with Crippen LogP contribution in [0.15, 0.2) is 11.6 Å². The summed E-state index contributed by atoms with van der Waals surface area (Å²) >= 11 is 0. The predicted octanol–water partition coefficient (Wildman–Crippen LogP) is 3.66. The molecule has 0 aromatic heterocycles. The van der Waals surface area contributed by atoms with Gasteiger partial charge >= 0.3 is 0 Å². The largest absolute Gasteiger partial charge is 0.353 e. The highest BCUT2D eigenvalue weighted by Gasteiger charge is 2.29. The summed E-state index contributed by atoms with van der Waals surface area (Å²) in [4.78, 5) is 0. The van der Waals surface area contributed by atoms with Gasteiger partial charge in [0.25, 0.3) is 0 Å². The molecule has 0 amide bonds. The van der Waals surface area contributed by atoms with Gasteiger partial charge in [-0.05, 0) is 44.4 Å². The molecule has 1 aliphatic heterocycles. The molecule has 92 valence electrons. The van der Waals surface area contributed by atoms with E-state index in [-0.39, 0.29) is 12.4 Å². The summed E-state index contributed by atoms with van der Waals surface area (Å²) in [5, 5.41) is 0. The molecule has 0 N–H and O–H groups in total. The fourth-order valence-electron chi connectivity index (χ4n) is 2.91. The van der Waals surface area contributed by atoms with Crippen LogP contribution in [0.3, 0.4) is 0 Å². The molecule has 16 heavy (non-hydrogen) atoms. The quantitative estimate of drug-likeness (QED) is 0.666. The third kappa shape index (κ3) is 3.33. The number of allylic oxidation sites excluding steroid dienone is 1. The third-order valence-electron chi connectivity index (χ3n) is 3.45. The zero-order chi connectivity index (χ0) is 11.6. The molecule has 2 aliphatic rings. The number of hydrogen-bond donors (Lipinski definition) is 0. The van der Waals surface area contributed by atoms with E-state index in [9.17, 15) is 0 Å². The van der Waals surface area contributed by atoms with Gasteiger partial charge in [-0.1, -0.05) is 25.5 Å². The van der Waals surface area contributed by atoms with Crippen molar-refractivity contribution < 1.29 is 9.47 Å². The molecular formula is C14H24O2. The highest BCUT2D eigenvalue weighted by molar-refractivity contribution is 5.10. The first-order valence-corrected chi connectivity index (χ1v) is 6.49. The Balaban J connectivity index is 1.91. The molecule has 0 radical (unpaired) electrons. The van der Waals surface area contributed by atoms with Gasteiger partial charge in [0.15, 0.2) is 6.29 Å². The summed E-state index contributed by atoms with van der Waals surface area (Å²) in [6, 6.07) is 0. The minimum atomic E-state index is 0.0386. The third-order valence-corrected chi connectivity index (χ3v) is 3.45. The average molecular weight is 224 g/mol. The van der Waals surface area contributed by atoms with E-state index in [1.165, 1.54) is 24.8 Å². The molecule has 0 aromatic carbocycles. The van der Waals surface area contributed by atoms with E-state index in [0.29, 0.717) is 5.41 Å². The summed E-state index contributed by atoms with van der Waals surface area (Å²) in [6.45, 7) is 7.71. The fourth-order valence-corrected chi connectivity index (χ4v) is 2.91. The van der Waals surface area contributed by atoms with Crippen molar-refractivity contribution in [1.29, 1.82) is 0 Å². The fraction of sp³-hybridized carbons (Fsp3) is 0.857. The van der Waals surface area contributed by atoms with Crippen molar-refractivity contribution in [2.45, 2.75) is 65.3 Å². The highest BCUT2D eigenvalue weighted by atomic mass is 16.7. The summed E-state index contributed by atoms with van der Waals surface area (Å²) in [5.74, 6) is 0. The van der Waals surface area contributed by atoms with E-state index in [1.54, 1.807) is 0 Å². The molecule has 1 saturated heterocycles. The average Bonchev–Trinajstić information content (AvgIpc) is 2.15. The van der Waals surface area contributed by atoms with Gasteiger partial charge in [-0.25, -0.2) is 0 Å². The molecule has 1 fully saturated rings. The van der Waals surface area contributed by atoms with Crippen molar-refractivity contribution in [3.8, 4) is 0 Å². The van der Waals surface area contributed by atoms with E-state index in [2.05, 4.69) is 26.8 Å². The van der Waals surface area contributed by atoms with Crippen LogP contribution in [0.2, 0.25) is 0 Å². The predicted molar refractivity (Wildman–Crippen MR) is 65.2 cm³/mol. The molecule has 0 bridgehead atoms. The Bertz CT molecular complexity index is 262. The molecule has 0 unspecified atom stereocenters. The maximum Gasteiger partial charge on any atom is 0.158 e. The SMILES string of the molecule is CC1=C[C@@H](O[C@@H]2CCCCO2)CC(C)(C)C1. The molecule has 2 heteroatoms. The van der Waals surface area contributed by atoms with Crippen molar-refractivity contribution in [2.24, 2.45) is 5.41 Å². The van der Waals surface area contributed by atoms with E-state index in [4.69, 9.17) is 9.47 Å². The van der Waals surface area contributed by atoms with Crippen LogP contribution < -0.4 is 0 Å². The van der Waals surface area contributed by atoms with Crippen molar-refractivity contribution in [3.05, 3.63) is 11.6 Å². The van der Waals surface area contributed by atoms with Crippen LogP contribution in [0, 0.1) is 5.41 Å². The maximum atomic E-state index is 6.04. The zero-order valence-corrected chi connectivity index (χ0v) is 10.8. The second kappa shape index (κ2) is 4.89. The Hall–Kier alpha value is -0.340. The van der Waals surface area contributed by atoms with E-state index in [0.717, 1.165) is 19.4 Å². The molecular weight excluding hydrogens is 200 g/mol. The molecule has 1 aliphatic carbocycles. The van der Waals surface area contributed by atoms with E-state index < -0.39 is 0 Å². The number of ether oxygens (including phenoxy) is 2. The van der Waals surface area contributed by atoms with Crippen LogP contribution in [0.5, 0.6) is 0 Å². The molecule has 0 aromatic rings. The summed E-state index contributed by atoms with van der Waals surface area (Å²) in [7, 11) is 0. The molecule has 1 heterocycles. The lowest BCUT2D eigenvalue weighted by Gasteiger charge is -2.36. The lowest BCUT2D eigenvalue weighted by atomic mass is 9.76. The van der Waals surface area contributed by atoms with Gasteiger partial charge in [0.2, 0.25) is 0 Å². The van der Waals surface area contributed by atoms with Gasteiger partial charge in [-0.2, -0.15) is 0 Å². The van der Waals surface area contributed by atoms with Gasteiger partial charge in [0.05, 0.1) is 6.10 Å². The molecule has 2 rings (SSSR count). The van der Waals surface area contributed by atoms with Crippen LogP contribution in [0.4, 0.5) is 0 Å². The van der Waals surface area contributed by atoms with Gasteiger partial charge < -0.3 is 9.47 Å². The van der Waals surface area contributed by atoms with Gasteiger partial charge in [-0.15, -0.1) is 0 Å². The summed E-state index contributed by atoms with van der Waals surface area (Å²) in [6.07, 6.45) is 8.37. The normalized spacial score (nSPS) is 34.6. The Kier molecular flexibility index (Phi) is 3.70. The second-order valence-corrected chi connectivity index (χ2v) is 6.03. The van der Waals surface area contributed by atoms with Crippen LogP contribution in [0.1, 0.15) is 52.9 Å². The van der Waals surface area contributed by atoms with Gasteiger partial charge in [-0.3, -0.25) is 0 Å². The van der Waals surface area contributed by atoms with Crippen molar-refractivity contribution >= 4 is 0 Å². The van der Waals surface area contributed by atoms with Gasteiger partial charge in [0.1, 0.15) is 0 Å². The first-order chi connectivity index (χ1) is 7.55. The van der Waals surface area contributed by atoms with Gasteiger partial charge in [0, 0.05) is 6.61 Å². The Morgan fingerprint density at radius 1 is 1.38 bits per heavy atom. The number of hydrogen-bond acceptors (Lipinski definition) is 2. The second-order valence-electron chi connectivity index (χ2n) is 6.03. The van der Waals surface area contributed by atoms with Crippen LogP contribution in [0.25, 0.3) is 0 Å². The Morgan fingerprint density at radius 2 is 2.19 bits per heavy atom. The summed E-state index contributed by atoms with van der Waals surface area (Å²) in [5.41, 5.74) is 1.83. The van der Waals surface area contributed by atoms with Crippen LogP contribution in [-0.2, 0) is 9.47 Å². The Labute approximate surface area is 99.0 Å². The Morgan fingerprint density at radius 3 is 2.81 bits per heavy atom. The zero-order valence-electron chi connectivity index (χ0n) is 10.8. The van der Waals surface area contributed by atoms with E-state index in [1.807, 2.05) is 0 Å². The standard InChI is InChI=1S/C14H24O2/c1-11-8-12(10-14(2,3)9-11)16-13-6-4-5-7-15-13/h8,12-13H,4-7,9-10H2,1-3H3/t12-,13-/m1/s1. The highest BCUT2D eigenvalue weighted by Crippen LogP contribution is 2.37. The lowest BCUT2D eigenvalue weighted by molar-refractivity contribution is -0.184. The van der Waals surface area contributed by atoms with Crippen molar-refractivity contribution in [3.63, 3.8) is 0 Å². The molecule has 2 atom stereocenters. The first kappa shape index (κ1) is 12.1. The summed E-state index contributed by atoms with van der Waals surface area (Å²) < 4.78 is 11.7. The van der Waals surface area contributed by atoms with Crippen LogP contribution in [-0.4, -0.2) is 19.0 Å². The van der Waals surface area contributed by atoms with E-state index >= 15 is 0 Å². The van der Waals surface area contributed by atoms with Crippen molar-refractivity contribution in [1.82, 2.24) is 0 Å². The van der Waals surface area contributed by atoms with Crippen molar-refractivity contribution in [2.75, 3.05) is 6.61 Å².